The molecule has 0 bridgehead atoms. The SMILES string of the molecule is Cc1ccc2oc(C(=O)OCC(=O)N3C[C@@H](C)O[C@H](C)C3)cc(=O)c2c1. The first kappa shape index (κ1) is 18.1. The van der Waals surface area contributed by atoms with Crippen LogP contribution in [0.5, 0.6) is 0 Å². The number of carbonyl (C=O) groups excluding carboxylic acids is 2. The van der Waals surface area contributed by atoms with E-state index in [1.54, 1.807) is 23.1 Å². The molecule has 0 aliphatic carbocycles. The van der Waals surface area contributed by atoms with Gasteiger partial charge in [-0.15, -0.1) is 0 Å². The van der Waals surface area contributed by atoms with Gasteiger partial charge in [-0.05, 0) is 32.9 Å². The Bertz CT molecular complexity index is 893. The van der Waals surface area contributed by atoms with Gasteiger partial charge in [0.1, 0.15) is 5.58 Å². The highest BCUT2D eigenvalue weighted by atomic mass is 16.5. The molecule has 1 aromatic carbocycles. The maximum absolute atomic E-state index is 12.2. The van der Waals surface area contributed by atoms with Crippen LogP contribution in [0.1, 0.15) is 30.0 Å². The van der Waals surface area contributed by atoms with Gasteiger partial charge in [-0.2, -0.15) is 0 Å². The number of carbonyl (C=O) groups is 2. The van der Waals surface area contributed by atoms with E-state index in [1.807, 2.05) is 20.8 Å². The zero-order chi connectivity index (χ0) is 18.8. The molecular weight excluding hydrogens is 338 g/mol. The Morgan fingerprint density at radius 2 is 1.88 bits per heavy atom. The fraction of sp³-hybridized carbons (Fsp3) is 0.421. The van der Waals surface area contributed by atoms with Crippen LogP contribution in [0.15, 0.2) is 33.5 Å². The van der Waals surface area contributed by atoms with E-state index < -0.39 is 12.6 Å². The van der Waals surface area contributed by atoms with Crippen molar-refractivity contribution in [3.8, 4) is 0 Å². The number of hydrogen-bond donors (Lipinski definition) is 0. The van der Waals surface area contributed by atoms with Gasteiger partial charge in [0.2, 0.25) is 5.76 Å². The zero-order valence-electron chi connectivity index (χ0n) is 15.0. The predicted octanol–water partition coefficient (Wildman–Crippen LogP) is 1.89. The van der Waals surface area contributed by atoms with Gasteiger partial charge in [-0.1, -0.05) is 11.6 Å². The van der Waals surface area contributed by atoms with Crippen molar-refractivity contribution in [2.24, 2.45) is 0 Å². The van der Waals surface area contributed by atoms with Crippen LogP contribution in [-0.2, 0) is 14.3 Å². The molecule has 0 radical (unpaired) electrons. The number of ether oxygens (including phenoxy) is 2. The van der Waals surface area contributed by atoms with Crippen molar-refractivity contribution in [3.05, 3.63) is 45.8 Å². The minimum Gasteiger partial charge on any atom is -0.450 e. The molecule has 2 heterocycles. The molecule has 7 heteroatoms. The summed E-state index contributed by atoms with van der Waals surface area (Å²) in [5, 5.41) is 0.397. The lowest BCUT2D eigenvalue weighted by atomic mass is 10.1. The zero-order valence-corrected chi connectivity index (χ0v) is 15.0. The average Bonchev–Trinajstić information content (AvgIpc) is 2.59. The Kier molecular flexibility index (Phi) is 5.08. The fourth-order valence-electron chi connectivity index (χ4n) is 3.04. The minimum absolute atomic E-state index is 0.0691. The van der Waals surface area contributed by atoms with Crippen molar-refractivity contribution in [2.45, 2.75) is 33.0 Å². The molecule has 1 saturated heterocycles. The van der Waals surface area contributed by atoms with E-state index in [0.29, 0.717) is 24.1 Å². The average molecular weight is 359 g/mol. The molecule has 1 aromatic heterocycles. The smallest absolute Gasteiger partial charge is 0.374 e. The van der Waals surface area contributed by atoms with Crippen LogP contribution in [0.25, 0.3) is 11.0 Å². The van der Waals surface area contributed by atoms with Crippen LogP contribution < -0.4 is 5.43 Å². The summed E-state index contributed by atoms with van der Waals surface area (Å²) in [4.78, 5) is 38.2. The summed E-state index contributed by atoms with van der Waals surface area (Å²) in [5.74, 6) is -1.37. The van der Waals surface area contributed by atoms with E-state index in [2.05, 4.69) is 0 Å². The molecule has 138 valence electrons. The van der Waals surface area contributed by atoms with Crippen LogP contribution in [-0.4, -0.2) is 48.7 Å². The number of nitrogens with zero attached hydrogens (tertiary/aromatic N) is 1. The van der Waals surface area contributed by atoms with E-state index >= 15 is 0 Å². The molecule has 1 aliphatic heterocycles. The molecule has 0 saturated carbocycles. The third-order valence-electron chi connectivity index (χ3n) is 4.18. The van der Waals surface area contributed by atoms with Gasteiger partial charge < -0.3 is 18.8 Å². The molecule has 0 spiro atoms. The third kappa shape index (κ3) is 3.94. The van der Waals surface area contributed by atoms with Gasteiger partial charge in [0.05, 0.1) is 17.6 Å². The Morgan fingerprint density at radius 3 is 2.58 bits per heavy atom. The molecule has 1 aliphatic rings. The minimum atomic E-state index is -0.840. The highest BCUT2D eigenvalue weighted by Crippen LogP contribution is 2.15. The van der Waals surface area contributed by atoms with Crippen molar-refractivity contribution in [1.29, 1.82) is 0 Å². The summed E-state index contributed by atoms with van der Waals surface area (Å²) in [6.07, 6.45) is -0.138. The number of esters is 1. The van der Waals surface area contributed by atoms with Crippen molar-refractivity contribution < 1.29 is 23.5 Å². The predicted molar refractivity (Wildman–Crippen MR) is 94.1 cm³/mol. The van der Waals surface area contributed by atoms with Crippen LogP contribution >= 0.6 is 0 Å². The van der Waals surface area contributed by atoms with Crippen molar-refractivity contribution in [1.82, 2.24) is 4.90 Å². The summed E-state index contributed by atoms with van der Waals surface area (Å²) in [5.41, 5.74) is 0.890. The van der Waals surface area contributed by atoms with E-state index in [9.17, 15) is 14.4 Å². The van der Waals surface area contributed by atoms with Gasteiger partial charge in [0.15, 0.2) is 12.0 Å². The molecule has 1 fully saturated rings. The standard InChI is InChI=1S/C19H21NO6/c1-11-4-5-16-14(6-11)15(21)7-17(26-16)19(23)24-10-18(22)20-8-12(2)25-13(3)9-20/h4-7,12-13H,8-10H2,1-3H3/t12-,13-/m1/s1. The number of hydrogen-bond acceptors (Lipinski definition) is 6. The number of fused-ring (bicyclic) bond motifs is 1. The number of rotatable bonds is 3. The summed E-state index contributed by atoms with van der Waals surface area (Å²) >= 11 is 0. The van der Waals surface area contributed by atoms with E-state index in [1.165, 1.54) is 0 Å². The topological polar surface area (TPSA) is 86.1 Å². The molecular formula is C19H21NO6. The Morgan fingerprint density at radius 1 is 1.19 bits per heavy atom. The number of aryl methyl sites for hydroxylation is 1. The molecule has 2 atom stereocenters. The summed E-state index contributed by atoms with van der Waals surface area (Å²) in [6, 6.07) is 6.20. The molecule has 0 N–H and O–H groups in total. The lowest BCUT2D eigenvalue weighted by Gasteiger charge is -2.35. The number of morpholine rings is 1. The molecule has 26 heavy (non-hydrogen) atoms. The normalized spacial score (nSPS) is 20.2. The van der Waals surface area contributed by atoms with Crippen LogP contribution in [0.3, 0.4) is 0 Å². The van der Waals surface area contributed by atoms with Crippen LogP contribution in [0.4, 0.5) is 0 Å². The third-order valence-corrected chi connectivity index (χ3v) is 4.18. The first-order valence-electron chi connectivity index (χ1n) is 8.48. The second-order valence-corrected chi connectivity index (χ2v) is 6.61. The molecule has 7 nitrogen and oxygen atoms in total. The van der Waals surface area contributed by atoms with Crippen molar-refractivity contribution >= 4 is 22.8 Å². The van der Waals surface area contributed by atoms with E-state index in [-0.39, 0.29) is 29.3 Å². The quantitative estimate of drug-likeness (QED) is 0.778. The van der Waals surface area contributed by atoms with Gasteiger partial charge in [-0.25, -0.2) is 4.79 Å². The lowest BCUT2D eigenvalue weighted by molar-refractivity contribution is -0.146. The fourth-order valence-corrected chi connectivity index (χ4v) is 3.04. The monoisotopic (exact) mass is 359 g/mol. The van der Waals surface area contributed by atoms with Gasteiger partial charge in [0, 0.05) is 19.2 Å². The second kappa shape index (κ2) is 7.29. The Labute approximate surface area is 150 Å². The maximum Gasteiger partial charge on any atom is 0.374 e. The van der Waals surface area contributed by atoms with Crippen molar-refractivity contribution in [3.63, 3.8) is 0 Å². The van der Waals surface area contributed by atoms with Crippen LogP contribution in [0.2, 0.25) is 0 Å². The first-order valence-corrected chi connectivity index (χ1v) is 8.48. The summed E-state index contributed by atoms with van der Waals surface area (Å²) in [6.45, 7) is 6.12. The van der Waals surface area contributed by atoms with Crippen molar-refractivity contribution in [2.75, 3.05) is 19.7 Å². The molecule has 2 aromatic rings. The highest BCUT2D eigenvalue weighted by Gasteiger charge is 2.26. The summed E-state index contributed by atoms with van der Waals surface area (Å²) in [7, 11) is 0. The number of amides is 1. The number of benzene rings is 1. The largest absolute Gasteiger partial charge is 0.450 e. The second-order valence-electron chi connectivity index (χ2n) is 6.61. The summed E-state index contributed by atoms with van der Waals surface area (Å²) < 4.78 is 16.1. The molecule has 0 unspecified atom stereocenters. The Hall–Kier alpha value is -2.67. The van der Waals surface area contributed by atoms with E-state index in [4.69, 9.17) is 13.9 Å². The molecule has 3 rings (SSSR count). The highest BCUT2D eigenvalue weighted by molar-refractivity contribution is 5.90. The van der Waals surface area contributed by atoms with Gasteiger partial charge >= 0.3 is 5.97 Å². The maximum atomic E-state index is 12.2. The molecule has 1 amide bonds. The Balaban J connectivity index is 1.68. The van der Waals surface area contributed by atoms with Crippen LogP contribution in [0, 0.1) is 6.92 Å². The van der Waals surface area contributed by atoms with Gasteiger partial charge in [0.25, 0.3) is 5.91 Å². The first-order chi connectivity index (χ1) is 12.3. The lowest BCUT2D eigenvalue weighted by Crippen LogP contribution is -2.49. The van der Waals surface area contributed by atoms with Gasteiger partial charge in [-0.3, -0.25) is 9.59 Å². The van der Waals surface area contributed by atoms with E-state index in [0.717, 1.165) is 11.6 Å².